The van der Waals surface area contributed by atoms with Crippen molar-refractivity contribution in [2.75, 3.05) is 6.61 Å². The first kappa shape index (κ1) is 14.7. The van der Waals surface area contributed by atoms with Crippen LogP contribution in [0.3, 0.4) is 0 Å². The molecule has 0 N–H and O–H groups in total. The molecule has 0 fully saturated rings. The summed E-state index contributed by atoms with van der Waals surface area (Å²) in [5, 5.41) is 8.21. The summed E-state index contributed by atoms with van der Waals surface area (Å²) in [5.74, 6) is -0.210. The Labute approximate surface area is 109 Å². The third kappa shape index (κ3) is 3.55. The van der Waals surface area contributed by atoms with E-state index in [1.165, 1.54) is 0 Å². The van der Waals surface area contributed by atoms with Gasteiger partial charge < -0.3 is 4.74 Å². The Morgan fingerprint density at radius 2 is 1.94 bits per heavy atom. The van der Waals surface area contributed by atoms with Gasteiger partial charge in [-0.15, -0.1) is 5.10 Å². The first-order chi connectivity index (χ1) is 8.16. The summed E-state index contributed by atoms with van der Waals surface area (Å²) >= 11 is 0. The topological polar surface area (TPSA) is 57.0 Å². The van der Waals surface area contributed by atoms with E-state index in [9.17, 15) is 4.79 Å². The van der Waals surface area contributed by atoms with Gasteiger partial charge in [0.1, 0.15) is 0 Å². The van der Waals surface area contributed by atoms with Crippen LogP contribution in [0.25, 0.3) is 0 Å². The van der Waals surface area contributed by atoms with Crippen LogP contribution in [0.15, 0.2) is 6.20 Å². The molecule has 0 aromatic carbocycles. The fourth-order valence-electron chi connectivity index (χ4n) is 1.52. The summed E-state index contributed by atoms with van der Waals surface area (Å²) in [6, 6.07) is 0. The molecule has 0 bridgehead atoms. The maximum absolute atomic E-state index is 11.8. The van der Waals surface area contributed by atoms with Crippen molar-refractivity contribution in [1.82, 2.24) is 15.0 Å². The zero-order chi connectivity index (χ0) is 14.0. The molecule has 0 aliphatic heterocycles. The second-order valence-electron chi connectivity index (χ2n) is 6.16. The Morgan fingerprint density at radius 3 is 2.39 bits per heavy atom. The SMILES string of the molecule is CCOC(=O)C(C)(C)Cn1cc(C(C)(C)C)nn1. The molecule has 0 aliphatic carbocycles. The summed E-state index contributed by atoms with van der Waals surface area (Å²) in [4.78, 5) is 11.8. The molecule has 1 heterocycles. The monoisotopic (exact) mass is 253 g/mol. The summed E-state index contributed by atoms with van der Waals surface area (Å²) < 4.78 is 6.76. The summed E-state index contributed by atoms with van der Waals surface area (Å²) in [7, 11) is 0. The number of carbonyl (C=O) groups excluding carboxylic acids is 1. The van der Waals surface area contributed by atoms with Crippen LogP contribution in [-0.4, -0.2) is 27.6 Å². The third-order valence-corrected chi connectivity index (χ3v) is 2.69. The van der Waals surface area contributed by atoms with E-state index >= 15 is 0 Å². The van der Waals surface area contributed by atoms with E-state index in [2.05, 4.69) is 31.1 Å². The number of hydrogen-bond donors (Lipinski definition) is 0. The van der Waals surface area contributed by atoms with Crippen molar-refractivity contribution in [3.63, 3.8) is 0 Å². The third-order valence-electron chi connectivity index (χ3n) is 2.69. The van der Waals surface area contributed by atoms with Gasteiger partial charge in [-0.1, -0.05) is 26.0 Å². The lowest BCUT2D eigenvalue weighted by atomic mass is 9.92. The molecule has 0 radical (unpaired) electrons. The molecule has 1 aromatic rings. The normalized spacial score (nSPS) is 12.6. The number of ether oxygens (including phenoxy) is 1. The van der Waals surface area contributed by atoms with Crippen LogP contribution in [-0.2, 0) is 21.5 Å². The molecule has 0 amide bonds. The minimum Gasteiger partial charge on any atom is -0.466 e. The van der Waals surface area contributed by atoms with E-state index in [1.54, 1.807) is 11.6 Å². The van der Waals surface area contributed by atoms with E-state index < -0.39 is 5.41 Å². The number of hydrogen-bond acceptors (Lipinski definition) is 4. The van der Waals surface area contributed by atoms with Crippen molar-refractivity contribution in [3.8, 4) is 0 Å². The van der Waals surface area contributed by atoms with Crippen molar-refractivity contribution < 1.29 is 9.53 Å². The van der Waals surface area contributed by atoms with Crippen LogP contribution in [0.4, 0.5) is 0 Å². The Balaban J connectivity index is 2.79. The molecular weight excluding hydrogens is 230 g/mol. The van der Waals surface area contributed by atoms with Gasteiger partial charge in [0.25, 0.3) is 0 Å². The predicted molar refractivity (Wildman–Crippen MR) is 69.1 cm³/mol. The quantitative estimate of drug-likeness (QED) is 0.772. The van der Waals surface area contributed by atoms with Crippen molar-refractivity contribution in [1.29, 1.82) is 0 Å². The second-order valence-corrected chi connectivity index (χ2v) is 6.16. The minimum absolute atomic E-state index is 0.0354. The van der Waals surface area contributed by atoms with Crippen molar-refractivity contribution in [2.24, 2.45) is 5.41 Å². The van der Waals surface area contributed by atoms with Crippen LogP contribution < -0.4 is 0 Å². The molecule has 5 nitrogen and oxygen atoms in total. The molecule has 5 heteroatoms. The van der Waals surface area contributed by atoms with Crippen molar-refractivity contribution in [2.45, 2.75) is 53.5 Å². The first-order valence-corrected chi connectivity index (χ1v) is 6.24. The Bertz CT molecular complexity index is 416. The molecule has 0 atom stereocenters. The van der Waals surface area contributed by atoms with Gasteiger partial charge in [0.05, 0.1) is 24.3 Å². The molecule has 1 rings (SSSR count). The summed E-state index contributed by atoms with van der Waals surface area (Å²) in [5.41, 5.74) is 0.285. The fraction of sp³-hybridized carbons (Fsp3) is 0.769. The van der Waals surface area contributed by atoms with Gasteiger partial charge >= 0.3 is 5.97 Å². The Hall–Kier alpha value is -1.39. The van der Waals surface area contributed by atoms with E-state index in [4.69, 9.17) is 4.74 Å². The highest BCUT2D eigenvalue weighted by molar-refractivity contribution is 5.75. The molecule has 0 saturated heterocycles. The highest BCUT2D eigenvalue weighted by Crippen LogP contribution is 2.22. The number of esters is 1. The average Bonchev–Trinajstić information content (AvgIpc) is 2.65. The highest BCUT2D eigenvalue weighted by Gasteiger charge is 2.30. The Kier molecular flexibility index (Phi) is 4.14. The van der Waals surface area contributed by atoms with Gasteiger partial charge in [0, 0.05) is 11.6 Å². The lowest BCUT2D eigenvalue weighted by molar-refractivity contribution is -0.154. The largest absolute Gasteiger partial charge is 0.466 e. The Morgan fingerprint density at radius 1 is 1.33 bits per heavy atom. The molecular formula is C13H23N3O2. The maximum Gasteiger partial charge on any atom is 0.313 e. The lowest BCUT2D eigenvalue weighted by Crippen LogP contribution is -2.31. The lowest BCUT2D eigenvalue weighted by Gasteiger charge is -2.21. The number of rotatable bonds is 4. The minimum atomic E-state index is -0.598. The van der Waals surface area contributed by atoms with Gasteiger partial charge in [0.2, 0.25) is 0 Å². The van der Waals surface area contributed by atoms with Crippen LogP contribution in [0, 0.1) is 5.41 Å². The van der Waals surface area contributed by atoms with E-state index in [0.29, 0.717) is 13.2 Å². The van der Waals surface area contributed by atoms with E-state index in [0.717, 1.165) is 5.69 Å². The highest BCUT2D eigenvalue weighted by atomic mass is 16.5. The molecule has 1 aromatic heterocycles. The molecule has 18 heavy (non-hydrogen) atoms. The smallest absolute Gasteiger partial charge is 0.313 e. The van der Waals surface area contributed by atoms with Gasteiger partial charge in [-0.3, -0.25) is 9.48 Å². The molecule has 102 valence electrons. The molecule has 0 unspecified atom stereocenters. The van der Waals surface area contributed by atoms with Crippen LogP contribution in [0.2, 0.25) is 0 Å². The van der Waals surface area contributed by atoms with Crippen LogP contribution in [0.1, 0.15) is 47.2 Å². The van der Waals surface area contributed by atoms with Crippen molar-refractivity contribution in [3.05, 3.63) is 11.9 Å². The molecule has 0 aliphatic rings. The van der Waals surface area contributed by atoms with Gasteiger partial charge in [-0.2, -0.15) is 0 Å². The molecule has 0 saturated carbocycles. The average molecular weight is 253 g/mol. The zero-order valence-corrected chi connectivity index (χ0v) is 12.1. The standard InChI is InChI=1S/C13H23N3O2/c1-7-18-11(17)13(5,6)9-16-8-10(14-15-16)12(2,3)4/h8H,7,9H2,1-6H3. The van der Waals surface area contributed by atoms with Crippen LogP contribution >= 0.6 is 0 Å². The van der Waals surface area contributed by atoms with E-state index in [1.807, 2.05) is 20.0 Å². The van der Waals surface area contributed by atoms with Gasteiger partial charge in [-0.05, 0) is 20.8 Å². The number of nitrogens with zero attached hydrogens (tertiary/aromatic N) is 3. The first-order valence-electron chi connectivity index (χ1n) is 6.24. The van der Waals surface area contributed by atoms with E-state index in [-0.39, 0.29) is 11.4 Å². The number of aromatic nitrogens is 3. The van der Waals surface area contributed by atoms with Gasteiger partial charge in [-0.25, -0.2) is 0 Å². The maximum atomic E-state index is 11.8. The summed E-state index contributed by atoms with van der Waals surface area (Å²) in [6.45, 7) is 12.6. The molecule has 0 spiro atoms. The van der Waals surface area contributed by atoms with Gasteiger partial charge in [0.15, 0.2) is 0 Å². The van der Waals surface area contributed by atoms with Crippen LogP contribution in [0.5, 0.6) is 0 Å². The van der Waals surface area contributed by atoms with Crippen molar-refractivity contribution >= 4 is 5.97 Å². The zero-order valence-electron chi connectivity index (χ0n) is 12.1. The summed E-state index contributed by atoms with van der Waals surface area (Å²) in [6.07, 6.45) is 1.89. The number of carbonyl (C=O) groups is 1. The fourth-order valence-corrected chi connectivity index (χ4v) is 1.52. The predicted octanol–water partition coefficient (Wildman–Crippen LogP) is 2.16. The second kappa shape index (κ2) is 5.08.